The van der Waals surface area contributed by atoms with Crippen LogP contribution in [0.4, 0.5) is 0 Å². The van der Waals surface area contributed by atoms with Gasteiger partial charge in [0.25, 0.3) is 5.78 Å². The van der Waals surface area contributed by atoms with E-state index in [1.807, 2.05) is 22.8 Å². The molecule has 124 valence electrons. The molecule has 5 rings (SSSR count). The molecule has 4 heterocycles. The summed E-state index contributed by atoms with van der Waals surface area (Å²) < 4.78 is 4.07. The Labute approximate surface area is 147 Å². The predicted molar refractivity (Wildman–Crippen MR) is 97.3 cm³/mol. The minimum Gasteiger partial charge on any atom is -0.244 e. The molecule has 0 aromatic carbocycles. The van der Waals surface area contributed by atoms with Gasteiger partial charge in [0.15, 0.2) is 10.8 Å². The van der Waals surface area contributed by atoms with Gasteiger partial charge >= 0.3 is 0 Å². The van der Waals surface area contributed by atoms with E-state index >= 15 is 0 Å². The van der Waals surface area contributed by atoms with Crippen molar-refractivity contribution in [3.63, 3.8) is 0 Å². The van der Waals surface area contributed by atoms with E-state index < -0.39 is 0 Å². The summed E-state index contributed by atoms with van der Waals surface area (Å²) in [6.07, 6.45) is 5.98. The Hall–Kier alpha value is -1.67. The van der Waals surface area contributed by atoms with Crippen LogP contribution in [0.5, 0.6) is 0 Å². The largest absolute Gasteiger partial charge is 0.260 e. The molecule has 0 aliphatic heterocycles. The summed E-state index contributed by atoms with van der Waals surface area (Å²) in [7, 11) is 0. The van der Waals surface area contributed by atoms with E-state index in [4.69, 9.17) is 4.98 Å². The van der Waals surface area contributed by atoms with Gasteiger partial charge in [-0.25, -0.2) is 9.38 Å². The highest BCUT2D eigenvalue weighted by Gasteiger charge is 2.24. The van der Waals surface area contributed by atoms with Crippen LogP contribution in [0.2, 0.25) is 0 Å². The van der Waals surface area contributed by atoms with Gasteiger partial charge in [0.05, 0.1) is 5.39 Å². The second kappa shape index (κ2) is 5.42. The SMILES string of the molecule is CCCSc1nnc2n3nc(C)nc3c3c4c(sc3n12)CCCC4. The Morgan fingerprint density at radius 2 is 2.08 bits per heavy atom. The van der Waals surface area contributed by atoms with E-state index in [-0.39, 0.29) is 0 Å². The highest BCUT2D eigenvalue weighted by atomic mass is 32.2. The molecule has 4 aromatic rings. The number of aryl methyl sites for hydroxylation is 3. The maximum atomic E-state index is 4.71. The lowest BCUT2D eigenvalue weighted by atomic mass is 9.97. The molecule has 0 unspecified atom stereocenters. The van der Waals surface area contributed by atoms with Gasteiger partial charge < -0.3 is 0 Å². The van der Waals surface area contributed by atoms with E-state index in [9.17, 15) is 0 Å². The van der Waals surface area contributed by atoms with Crippen LogP contribution in [0, 0.1) is 6.92 Å². The molecule has 0 bridgehead atoms. The number of thioether (sulfide) groups is 1. The Bertz CT molecular complexity index is 1070. The number of hydrogen-bond donors (Lipinski definition) is 0. The number of nitrogens with zero attached hydrogens (tertiary/aromatic N) is 6. The zero-order valence-corrected chi connectivity index (χ0v) is 15.4. The highest BCUT2D eigenvalue weighted by Crippen LogP contribution is 2.39. The maximum Gasteiger partial charge on any atom is 0.260 e. The fourth-order valence-corrected chi connectivity index (χ4v) is 5.75. The number of fused-ring (bicyclic) bond motifs is 8. The molecular weight excluding hydrogens is 340 g/mol. The van der Waals surface area contributed by atoms with E-state index in [1.54, 1.807) is 11.8 Å². The zero-order valence-electron chi connectivity index (χ0n) is 13.7. The van der Waals surface area contributed by atoms with Crippen molar-refractivity contribution < 1.29 is 0 Å². The molecule has 24 heavy (non-hydrogen) atoms. The Morgan fingerprint density at radius 3 is 2.96 bits per heavy atom. The van der Waals surface area contributed by atoms with Crippen molar-refractivity contribution in [2.24, 2.45) is 0 Å². The third kappa shape index (κ3) is 1.96. The van der Waals surface area contributed by atoms with E-state index in [0.29, 0.717) is 0 Å². The molecule has 0 N–H and O–H groups in total. The highest BCUT2D eigenvalue weighted by molar-refractivity contribution is 7.99. The first-order valence-corrected chi connectivity index (χ1v) is 10.3. The average Bonchev–Trinajstić information content (AvgIpc) is 3.25. The Balaban J connectivity index is 1.95. The fourth-order valence-electron chi connectivity index (χ4n) is 3.52. The molecule has 1 aliphatic carbocycles. The predicted octanol–water partition coefficient (Wildman–Crippen LogP) is 3.68. The van der Waals surface area contributed by atoms with Crippen LogP contribution in [0.1, 0.15) is 42.5 Å². The molecule has 0 fully saturated rings. The van der Waals surface area contributed by atoms with Crippen molar-refractivity contribution >= 4 is 44.7 Å². The maximum absolute atomic E-state index is 4.71. The second-order valence-electron chi connectivity index (χ2n) is 6.25. The van der Waals surface area contributed by atoms with Gasteiger partial charge in [0, 0.05) is 10.6 Å². The van der Waals surface area contributed by atoms with E-state index in [2.05, 4.69) is 26.6 Å². The number of hydrogen-bond acceptors (Lipinski definition) is 6. The van der Waals surface area contributed by atoms with E-state index in [1.165, 1.54) is 39.9 Å². The normalized spacial score (nSPS) is 14.9. The van der Waals surface area contributed by atoms with Crippen LogP contribution in [0.25, 0.3) is 21.6 Å². The average molecular weight is 358 g/mol. The molecule has 1 aliphatic rings. The lowest BCUT2D eigenvalue weighted by molar-refractivity contribution is 0.700. The molecule has 0 radical (unpaired) electrons. The molecule has 0 atom stereocenters. The van der Waals surface area contributed by atoms with Gasteiger partial charge in [-0.1, -0.05) is 18.7 Å². The molecule has 4 aromatic heterocycles. The Morgan fingerprint density at radius 1 is 1.21 bits per heavy atom. The molecule has 6 nitrogen and oxygen atoms in total. The van der Waals surface area contributed by atoms with Gasteiger partial charge in [-0.15, -0.1) is 26.6 Å². The van der Waals surface area contributed by atoms with Crippen LogP contribution in [-0.4, -0.2) is 34.9 Å². The van der Waals surface area contributed by atoms with Crippen LogP contribution in [-0.2, 0) is 12.8 Å². The van der Waals surface area contributed by atoms with Crippen LogP contribution in [0.15, 0.2) is 5.16 Å². The lowest BCUT2D eigenvalue weighted by Gasteiger charge is -2.10. The fraction of sp³-hybridized carbons (Fsp3) is 0.500. The van der Waals surface area contributed by atoms with Crippen LogP contribution in [0.3, 0.4) is 0 Å². The summed E-state index contributed by atoms with van der Waals surface area (Å²) >= 11 is 3.66. The van der Waals surface area contributed by atoms with Gasteiger partial charge in [-0.3, -0.25) is 0 Å². The second-order valence-corrected chi connectivity index (χ2v) is 8.40. The zero-order chi connectivity index (χ0) is 16.3. The van der Waals surface area contributed by atoms with Gasteiger partial charge in [-0.05, 0) is 44.6 Å². The third-order valence-electron chi connectivity index (χ3n) is 4.53. The van der Waals surface area contributed by atoms with Crippen molar-refractivity contribution in [2.45, 2.75) is 51.1 Å². The summed E-state index contributed by atoms with van der Waals surface area (Å²) in [5.74, 6) is 2.60. The van der Waals surface area contributed by atoms with Crippen molar-refractivity contribution in [2.75, 3.05) is 5.75 Å². The topological polar surface area (TPSA) is 60.4 Å². The smallest absolute Gasteiger partial charge is 0.244 e. The first kappa shape index (κ1) is 14.7. The van der Waals surface area contributed by atoms with Crippen molar-refractivity contribution in [3.05, 3.63) is 16.3 Å². The van der Waals surface area contributed by atoms with Crippen LogP contribution >= 0.6 is 23.1 Å². The number of aromatic nitrogens is 6. The number of thiophene rings is 1. The minimum atomic E-state index is 0.773. The Kier molecular flexibility index (Phi) is 3.31. The monoisotopic (exact) mass is 358 g/mol. The third-order valence-corrected chi connectivity index (χ3v) is 6.95. The molecule has 0 amide bonds. The molecule has 8 heteroatoms. The summed E-state index contributed by atoms with van der Waals surface area (Å²) in [5, 5.41) is 15.7. The van der Waals surface area contributed by atoms with Crippen molar-refractivity contribution in [1.82, 2.24) is 29.2 Å². The van der Waals surface area contributed by atoms with Crippen molar-refractivity contribution in [3.8, 4) is 0 Å². The van der Waals surface area contributed by atoms with E-state index in [0.717, 1.165) is 41.0 Å². The van der Waals surface area contributed by atoms with Gasteiger partial charge in [0.2, 0.25) is 0 Å². The standard InChI is InChI=1S/C16H18N6S2/c1-3-8-23-16-19-18-15-21(16)14-12(13-17-9(2)20-22(13)15)10-6-4-5-7-11(10)24-14/h3-8H2,1-2H3. The summed E-state index contributed by atoms with van der Waals surface area (Å²) in [5.41, 5.74) is 2.41. The first-order chi connectivity index (χ1) is 11.8. The molecular formula is C16H18N6S2. The van der Waals surface area contributed by atoms with Gasteiger partial charge in [-0.2, -0.15) is 4.52 Å². The summed E-state index contributed by atoms with van der Waals surface area (Å²) in [6.45, 7) is 4.13. The van der Waals surface area contributed by atoms with Crippen molar-refractivity contribution in [1.29, 1.82) is 0 Å². The lowest BCUT2D eigenvalue weighted by Crippen LogP contribution is -2.01. The quantitative estimate of drug-likeness (QED) is 0.523. The molecule has 0 spiro atoms. The molecule has 0 saturated carbocycles. The molecule has 0 saturated heterocycles. The van der Waals surface area contributed by atoms with Crippen LogP contribution < -0.4 is 0 Å². The van der Waals surface area contributed by atoms with Gasteiger partial charge in [0.1, 0.15) is 10.7 Å². The summed E-state index contributed by atoms with van der Waals surface area (Å²) in [6, 6.07) is 0. The summed E-state index contributed by atoms with van der Waals surface area (Å²) in [4.78, 5) is 7.46. The minimum absolute atomic E-state index is 0.773. The number of rotatable bonds is 3. The first-order valence-electron chi connectivity index (χ1n) is 8.45.